The van der Waals surface area contributed by atoms with Crippen LogP contribution in [-0.2, 0) is 12.8 Å². The summed E-state index contributed by atoms with van der Waals surface area (Å²) in [5.41, 5.74) is 2.75. The summed E-state index contributed by atoms with van der Waals surface area (Å²) in [5, 5.41) is 2.94. The van der Waals surface area contributed by atoms with Gasteiger partial charge in [0.25, 0.3) is 5.91 Å². The standard InChI is InChI=1S/C16H15FN2O/c17-15-7-3-6-14(19-15)16(20)18-13-9-8-11-4-1-2-5-12(11)10-13/h1-7,13H,8-10H2,(H,18,20). The molecule has 1 aromatic carbocycles. The van der Waals surface area contributed by atoms with Crippen molar-refractivity contribution in [3.8, 4) is 0 Å². The topological polar surface area (TPSA) is 42.0 Å². The van der Waals surface area contributed by atoms with Crippen LogP contribution >= 0.6 is 0 Å². The highest BCUT2D eigenvalue weighted by molar-refractivity contribution is 5.92. The third-order valence-corrected chi connectivity index (χ3v) is 3.63. The van der Waals surface area contributed by atoms with Gasteiger partial charge in [-0.15, -0.1) is 0 Å². The van der Waals surface area contributed by atoms with Crippen LogP contribution in [0.2, 0.25) is 0 Å². The maximum absolute atomic E-state index is 13.0. The summed E-state index contributed by atoms with van der Waals surface area (Å²) in [7, 11) is 0. The van der Waals surface area contributed by atoms with Gasteiger partial charge >= 0.3 is 0 Å². The number of amides is 1. The molecular weight excluding hydrogens is 255 g/mol. The van der Waals surface area contributed by atoms with Gasteiger partial charge < -0.3 is 5.32 Å². The fraction of sp³-hybridized carbons (Fsp3) is 0.250. The third-order valence-electron chi connectivity index (χ3n) is 3.63. The van der Waals surface area contributed by atoms with Gasteiger partial charge in [-0.3, -0.25) is 4.79 Å². The molecule has 0 aliphatic heterocycles. The first-order valence-electron chi connectivity index (χ1n) is 6.72. The van der Waals surface area contributed by atoms with Gasteiger partial charge in [-0.25, -0.2) is 4.98 Å². The van der Waals surface area contributed by atoms with Crippen LogP contribution in [0.4, 0.5) is 4.39 Å². The van der Waals surface area contributed by atoms with E-state index in [1.807, 2.05) is 12.1 Å². The lowest BCUT2D eigenvalue weighted by atomic mass is 9.88. The number of fused-ring (bicyclic) bond motifs is 1. The van der Waals surface area contributed by atoms with Crippen molar-refractivity contribution in [3.05, 3.63) is 65.2 Å². The number of rotatable bonds is 2. The molecule has 1 atom stereocenters. The van der Waals surface area contributed by atoms with Crippen molar-refractivity contribution in [2.24, 2.45) is 0 Å². The van der Waals surface area contributed by atoms with E-state index in [0.717, 1.165) is 19.3 Å². The minimum absolute atomic E-state index is 0.0856. The van der Waals surface area contributed by atoms with E-state index in [1.165, 1.54) is 29.3 Å². The highest BCUT2D eigenvalue weighted by Crippen LogP contribution is 2.21. The van der Waals surface area contributed by atoms with Crippen molar-refractivity contribution >= 4 is 5.91 Å². The molecule has 4 heteroatoms. The van der Waals surface area contributed by atoms with Crippen molar-refractivity contribution < 1.29 is 9.18 Å². The predicted molar refractivity (Wildman–Crippen MR) is 73.9 cm³/mol. The molecule has 1 aliphatic rings. The summed E-state index contributed by atoms with van der Waals surface area (Å²) >= 11 is 0. The van der Waals surface area contributed by atoms with Crippen molar-refractivity contribution in [1.82, 2.24) is 10.3 Å². The highest BCUT2D eigenvalue weighted by Gasteiger charge is 2.20. The molecule has 1 N–H and O–H groups in total. The van der Waals surface area contributed by atoms with E-state index in [-0.39, 0.29) is 17.6 Å². The molecule has 0 saturated carbocycles. The quantitative estimate of drug-likeness (QED) is 0.852. The molecule has 20 heavy (non-hydrogen) atoms. The molecule has 1 unspecified atom stereocenters. The van der Waals surface area contributed by atoms with Crippen LogP contribution in [0.15, 0.2) is 42.5 Å². The molecule has 2 aromatic rings. The molecule has 1 aromatic heterocycles. The second-order valence-electron chi connectivity index (χ2n) is 5.03. The lowest BCUT2D eigenvalue weighted by Gasteiger charge is -2.25. The second kappa shape index (κ2) is 5.41. The van der Waals surface area contributed by atoms with E-state index >= 15 is 0 Å². The zero-order valence-electron chi connectivity index (χ0n) is 11.0. The molecule has 102 valence electrons. The Morgan fingerprint density at radius 2 is 1.95 bits per heavy atom. The molecule has 1 aliphatic carbocycles. The lowest BCUT2D eigenvalue weighted by Crippen LogP contribution is -2.39. The number of hydrogen-bond acceptors (Lipinski definition) is 2. The molecule has 0 bridgehead atoms. The number of carbonyl (C=O) groups is 1. The first-order chi connectivity index (χ1) is 9.72. The average molecular weight is 270 g/mol. The molecule has 3 nitrogen and oxygen atoms in total. The van der Waals surface area contributed by atoms with Gasteiger partial charge in [0.15, 0.2) is 0 Å². The van der Waals surface area contributed by atoms with Gasteiger partial charge in [0, 0.05) is 6.04 Å². The number of pyridine rings is 1. The average Bonchev–Trinajstić information content (AvgIpc) is 2.47. The maximum atomic E-state index is 13.0. The van der Waals surface area contributed by atoms with Crippen molar-refractivity contribution in [3.63, 3.8) is 0 Å². The van der Waals surface area contributed by atoms with Crippen LogP contribution in [0.3, 0.4) is 0 Å². The lowest BCUT2D eigenvalue weighted by molar-refractivity contribution is 0.0927. The normalized spacial score (nSPS) is 17.4. The number of benzene rings is 1. The monoisotopic (exact) mass is 270 g/mol. The molecule has 0 saturated heterocycles. The van der Waals surface area contributed by atoms with Crippen molar-refractivity contribution in [2.75, 3.05) is 0 Å². The Balaban J connectivity index is 1.69. The highest BCUT2D eigenvalue weighted by atomic mass is 19.1. The zero-order valence-corrected chi connectivity index (χ0v) is 11.0. The minimum Gasteiger partial charge on any atom is -0.348 e. The van der Waals surface area contributed by atoms with Crippen LogP contribution < -0.4 is 5.32 Å². The second-order valence-corrected chi connectivity index (χ2v) is 5.03. The van der Waals surface area contributed by atoms with Crippen LogP contribution in [-0.4, -0.2) is 16.9 Å². The SMILES string of the molecule is O=C(NC1CCc2ccccc2C1)c1cccc(F)n1. The Kier molecular flexibility index (Phi) is 3.46. The van der Waals surface area contributed by atoms with Crippen LogP contribution in [0, 0.1) is 5.95 Å². The number of nitrogens with one attached hydrogen (secondary N) is 1. The summed E-state index contributed by atoms with van der Waals surface area (Å²) in [5.74, 6) is -0.944. The van der Waals surface area contributed by atoms with Crippen LogP contribution in [0.25, 0.3) is 0 Å². The van der Waals surface area contributed by atoms with Gasteiger partial charge in [0.2, 0.25) is 5.95 Å². The van der Waals surface area contributed by atoms with Crippen molar-refractivity contribution in [2.45, 2.75) is 25.3 Å². The van der Waals surface area contributed by atoms with E-state index in [1.54, 1.807) is 0 Å². The van der Waals surface area contributed by atoms with E-state index in [0.29, 0.717) is 0 Å². The number of aryl methyl sites for hydroxylation is 1. The first kappa shape index (κ1) is 12.8. The van der Waals surface area contributed by atoms with Gasteiger partial charge in [0.05, 0.1) is 0 Å². The molecule has 0 spiro atoms. The largest absolute Gasteiger partial charge is 0.348 e. The number of halogens is 1. The van der Waals surface area contributed by atoms with Crippen LogP contribution in [0.5, 0.6) is 0 Å². The van der Waals surface area contributed by atoms with Crippen LogP contribution in [0.1, 0.15) is 28.0 Å². The Morgan fingerprint density at radius 1 is 1.15 bits per heavy atom. The van der Waals surface area contributed by atoms with Gasteiger partial charge in [-0.2, -0.15) is 4.39 Å². The minimum atomic E-state index is -0.633. The molecule has 1 amide bonds. The Bertz CT molecular complexity index is 642. The Hall–Kier alpha value is -2.23. The Morgan fingerprint density at radius 3 is 2.75 bits per heavy atom. The summed E-state index contributed by atoms with van der Waals surface area (Å²) in [6, 6.07) is 12.6. The Labute approximate surface area is 116 Å². The summed E-state index contributed by atoms with van der Waals surface area (Å²) < 4.78 is 13.0. The molecule has 1 heterocycles. The first-order valence-corrected chi connectivity index (χ1v) is 6.72. The number of nitrogens with zero attached hydrogens (tertiary/aromatic N) is 1. The molecule has 0 radical (unpaired) electrons. The summed E-state index contributed by atoms with van der Waals surface area (Å²) in [6.07, 6.45) is 2.67. The molecule has 0 fully saturated rings. The fourth-order valence-electron chi connectivity index (χ4n) is 2.62. The maximum Gasteiger partial charge on any atom is 0.270 e. The van der Waals surface area contributed by atoms with Gasteiger partial charge in [-0.05, 0) is 42.5 Å². The summed E-state index contributed by atoms with van der Waals surface area (Å²) in [6.45, 7) is 0. The van der Waals surface area contributed by atoms with Gasteiger partial charge in [-0.1, -0.05) is 30.3 Å². The molecular formula is C16H15FN2O. The summed E-state index contributed by atoms with van der Waals surface area (Å²) in [4.78, 5) is 15.6. The fourth-order valence-corrected chi connectivity index (χ4v) is 2.62. The van der Waals surface area contributed by atoms with E-state index in [9.17, 15) is 9.18 Å². The number of hydrogen-bond donors (Lipinski definition) is 1. The van der Waals surface area contributed by atoms with Crippen molar-refractivity contribution in [1.29, 1.82) is 0 Å². The van der Waals surface area contributed by atoms with E-state index < -0.39 is 5.95 Å². The van der Waals surface area contributed by atoms with E-state index in [2.05, 4.69) is 22.4 Å². The number of carbonyl (C=O) groups excluding carboxylic acids is 1. The molecule has 3 rings (SSSR count). The van der Waals surface area contributed by atoms with Gasteiger partial charge in [0.1, 0.15) is 5.69 Å². The van der Waals surface area contributed by atoms with E-state index in [4.69, 9.17) is 0 Å². The number of aromatic nitrogens is 1. The zero-order chi connectivity index (χ0) is 13.9. The smallest absolute Gasteiger partial charge is 0.270 e. The predicted octanol–water partition coefficient (Wildman–Crippen LogP) is 2.51. The third kappa shape index (κ3) is 2.69.